The molecule has 0 bridgehead atoms. The normalized spacial score (nSPS) is 11.2. The van der Waals surface area contributed by atoms with Gasteiger partial charge in [-0.05, 0) is 30.7 Å². The molecule has 0 saturated carbocycles. The maximum absolute atomic E-state index is 13.0. The number of unbranched alkanes of at least 4 members (excludes halogenated alkanes) is 1. The van der Waals surface area contributed by atoms with E-state index in [2.05, 4.69) is 10.3 Å². The van der Waals surface area contributed by atoms with Gasteiger partial charge in [0.15, 0.2) is 5.13 Å². The van der Waals surface area contributed by atoms with E-state index in [0.717, 1.165) is 23.1 Å². The molecule has 2 aromatic carbocycles. The summed E-state index contributed by atoms with van der Waals surface area (Å²) >= 11 is 1.32. The molecule has 0 radical (unpaired) electrons. The van der Waals surface area contributed by atoms with E-state index in [4.69, 9.17) is 0 Å². The smallest absolute Gasteiger partial charge is 0.267 e. The lowest BCUT2D eigenvalue weighted by molar-refractivity contribution is 0.102. The van der Waals surface area contributed by atoms with E-state index >= 15 is 0 Å². The van der Waals surface area contributed by atoms with Crippen molar-refractivity contribution in [3.05, 3.63) is 64.4 Å². The highest BCUT2D eigenvalue weighted by Crippen LogP contribution is 2.29. The van der Waals surface area contributed by atoms with Crippen molar-refractivity contribution in [2.75, 3.05) is 5.32 Å². The van der Waals surface area contributed by atoms with Crippen LogP contribution in [0.25, 0.3) is 21.1 Å². The summed E-state index contributed by atoms with van der Waals surface area (Å²) < 4.78 is 2.49. The van der Waals surface area contributed by atoms with Crippen LogP contribution in [0.1, 0.15) is 30.1 Å². The number of carbonyl (C=O) groups excluding carboxylic acids is 1. The third-order valence-corrected chi connectivity index (χ3v) is 5.57. The second-order valence-corrected chi connectivity index (χ2v) is 7.52. The number of aromatic hydroxyl groups is 1. The van der Waals surface area contributed by atoms with Crippen LogP contribution in [0.15, 0.2) is 53.3 Å². The number of para-hydroxylation sites is 2. The van der Waals surface area contributed by atoms with Crippen LogP contribution >= 0.6 is 11.3 Å². The van der Waals surface area contributed by atoms with Crippen LogP contribution in [0.5, 0.6) is 5.75 Å². The summed E-state index contributed by atoms with van der Waals surface area (Å²) in [5, 5.41) is 14.2. The molecule has 0 spiro atoms. The van der Waals surface area contributed by atoms with Crippen LogP contribution in [0.2, 0.25) is 0 Å². The van der Waals surface area contributed by atoms with E-state index in [0.29, 0.717) is 22.6 Å². The fourth-order valence-electron chi connectivity index (χ4n) is 3.22. The van der Waals surface area contributed by atoms with Crippen LogP contribution in [0.3, 0.4) is 0 Å². The Morgan fingerprint density at radius 2 is 1.93 bits per heavy atom. The predicted molar refractivity (Wildman–Crippen MR) is 112 cm³/mol. The largest absolute Gasteiger partial charge is 0.506 e. The molecular formula is C21H19N3O3S. The summed E-state index contributed by atoms with van der Waals surface area (Å²) in [6.45, 7) is 2.52. The number of amides is 1. The van der Waals surface area contributed by atoms with Gasteiger partial charge in [0, 0.05) is 11.9 Å². The molecule has 0 saturated heterocycles. The van der Waals surface area contributed by atoms with Crippen molar-refractivity contribution in [1.82, 2.24) is 9.55 Å². The van der Waals surface area contributed by atoms with Crippen LogP contribution in [-0.2, 0) is 6.54 Å². The molecule has 2 aromatic heterocycles. The Morgan fingerprint density at radius 3 is 2.71 bits per heavy atom. The first-order chi connectivity index (χ1) is 13.6. The van der Waals surface area contributed by atoms with E-state index in [1.807, 2.05) is 37.3 Å². The van der Waals surface area contributed by atoms with Crippen molar-refractivity contribution >= 4 is 43.5 Å². The topological polar surface area (TPSA) is 84.2 Å². The molecule has 0 atom stereocenters. The minimum absolute atomic E-state index is 0.256. The third kappa shape index (κ3) is 3.14. The molecule has 7 heteroatoms. The van der Waals surface area contributed by atoms with Crippen molar-refractivity contribution in [2.45, 2.75) is 26.3 Å². The first-order valence-corrected chi connectivity index (χ1v) is 9.93. The lowest BCUT2D eigenvalue weighted by atomic mass is 10.1. The Hall–Kier alpha value is -3.19. The van der Waals surface area contributed by atoms with Crippen molar-refractivity contribution in [2.24, 2.45) is 0 Å². The Labute approximate surface area is 165 Å². The second-order valence-electron chi connectivity index (χ2n) is 6.49. The van der Waals surface area contributed by atoms with Crippen LogP contribution in [0.4, 0.5) is 5.13 Å². The zero-order valence-electron chi connectivity index (χ0n) is 15.3. The van der Waals surface area contributed by atoms with Gasteiger partial charge in [-0.25, -0.2) is 4.98 Å². The fourth-order valence-corrected chi connectivity index (χ4v) is 4.08. The van der Waals surface area contributed by atoms with Gasteiger partial charge in [0.05, 0.1) is 15.7 Å². The molecule has 28 heavy (non-hydrogen) atoms. The lowest BCUT2D eigenvalue weighted by Gasteiger charge is -2.14. The number of aryl methyl sites for hydroxylation is 1. The molecule has 4 rings (SSSR count). The highest BCUT2D eigenvalue weighted by Gasteiger charge is 2.23. The van der Waals surface area contributed by atoms with Gasteiger partial charge in [0.1, 0.15) is 11.3 Å². The number of benzene rings is 2. The molecule has 1 amide bonds. The molecule has 4 aromatic rings. The highest BCUT2D eigenvalue weighted by atomic mass is 32.1. The second kappa shape index (κ2) is 7.44. The Bertz CT molecular complexity index is 1210. The summed E-state index contributed by atoms with van der Waals surface area (Å²) in [5.41, 5.74) is 0.637. The monoisotopic (exact) mass is 393 g/mol. The van der Waals surface area contributed by atoms with E-state index in [1.165, 1.54) is 11.3 Å². The van der Waals surface area contributed by atoms with Crippen molar-refractivity contribution in [3.8, 4) is 5.75 Å². The average molecular weight is 393 g/mol. The first-order valence-electron chi connectivity index (χ1n) is 9.11. The van der Waals surface area contributed by atoms with Gasteiger partial charge in [-0.15, -0.1) is 0 Å². The summed E-state index contributed by atoms with van der Waals surface area (Å²) in [7, 11) is 0. The van der Waals surface area contributed by atoms with Crippen LogP contribution in [-0.4, -0.2) is 20.6 Å². The average Bonchev–Trinajstić information content (AvgIpc) is 3.10. The number of hydrogen-bond acceptors (Lipinski definition) is 5. The Morgan fingerprint density at radius 1 is 1.18 bits per heavy atom. The Balaban J connectivity index is 1.80. The molecule has 6 nitrogen and oxygen atoms in total. The van der Waals surface area contributed by atoms with Crippen LogP contribution in [0, 0.1) is 0 Å². The van der Waals surface area contributed by atoms with Crippen LogP contribution < -0.4 is 10.9 Å². The molecule has 0 aliphatic heterocycles. The number of hydrogen-bond donors (Lipinski definition) is 2. The summed E-state index contributed by atoms with van der Waals surface area (Å²) in [5.74, 6) is -0.954. The number of carbonyl (C=O) groups is 1. The summed E-state index contributed by atoms with van der Waals surface area (Å²) in [4.78, 5) is 30.3. The molecule has 0 fully saturated rings. The third-order valence-electron chi connectivity index (χ3n) is 4.62. The van der Waals surface area contributed by atoms with Gasteiger partial charge in [-0.2, -0.15) is 0 Å². The number of nitrogens with zero attached hydrogens (tertiary/aromatic N) is 2. The van der Waals surface area contributed by atoms with Gasteiger partial charge in [-0.1, -0.05) is 48.9 Å². The molecular weight excluding hydrogens is 374 g/mol. The number of thiazole rings is 1. The van der Waals surface area contributed by atoms with Crippen molar-refractivity contribution < 1.29 is 9.90 Å². The number of aromatic nitrogens is 2. The van der Waals surface area contributed by atoms with Gasteiger partial charge in [0.25, 0.3) is 11.5 Å². The maximum atomic E-state index is 13.0. The van der Waals surface area contributed by atoms with Gasteiger partial charge < -0.3 is 9.67 Å². The maximum Gasteiger partial charge on any atom is 0.267 e. The highest BCUT2D eigenvalue weighted by molar-refractivity contribution is 7.22. The molecule has 0 unspecified atom stereocenters. The number of fused-ring (bicyclic) bond motifs is 2. The van der Waals surface area contributed by atoms with Crippen molar-refractivity contribution in [3.63, 3.8) is 0 Å². The first kappa shape index (κ1) is 18.2. The number of rotatable bonds is 5. The standard InChI is InChI=1S/C21H19N3O3S/c1-2-3-12-24-15-10-6-4-8-13(15)18(25)17(20(24)27)19(26)23-21-22-14-9-5-7-11-16(14)28-21/h4-11,25H,2-3,12H2,1H3,(H,22,23,26). The van der Waals surface area contributed by atoms with E-state index in [1.54, 1.807) is 22.8 Å². The minimum Gasteiger partial charge on any atom is -0.506 e. The van der Waals surface area contributed by atoms with E-state index in [-0.39, 0.29) is 11.3 Å². The minimum atomic E-state index is -0.655. The Kier molecular flexibility index (Phi) is 4.83. The molecule has 2 heterocycles. The van der Waals surface area contributed by atoms with Gasteiger partial charge >= 0.3 is 0 Å². The fraction of sp³-hybridized carbons (Fsp3) is 0.190. The SMILES string of the molecule is CCCCn1c(=O)c(C(=O)Nc2nc3ccccc3s2)c(O)c2ccccc21. The lowest BCUT2D eigenvalue weighted by Crippen LogP contribution is -2.30. The van der Waals surface area contributed by atoms with Crippen molar-refractivity contribution in [1.29, 1.82) is 0 Å². The molecule has 0 aliphatic rings. The molecule has 142 valence electrons. The van der Waals surface area contributed by atoms with Gasteiger partial charge in [0.2, 0.25) is 0 Å². The molecule has 0 aliphatic carbocycles. The predicted octanol–water partition coefficient (Wildman–Crippen LogP) is 4.37. The van der Waals surface area contributed by atoms with E-state index < -0.39 is 11.5 Å². The summed E-state index contributed by atoms with van der Waals surface area (Å²) in [6, 6.07) is 14.6. The quantitative estimate of drug-likeness (QED) is 0.527. The number of anilines is 1. The van der Waals surface area contributed by atoms with E-state index in [9.17, 15) is 14.7 Å². The van der Waals surface area contributed by atoms with Gasteiger partial charge in [-0.3, -0.25) is 14.9 Å². The number of pyridine rings is 1. The zero-order chi connectivity index (χ0) is 19.7. The summed E-state index contributed by atoms with van der Waals surface area (Å²) in [6.07, 6.45) is 1.71. The number of nitrogens with one attached hydrogen (secondary N) is 1. The zero-order valence-corrected chi connectivity index (χ0v) is 16.1. The molecule has 2 N–H and O–H groups in total.